The number of para-hydroxylation sites is 1. The van der Waals surface area contributed by atoms with Crippen LogP contribution in [0.3, 0.4) is 0 Å². The van der Waals surface area contributed by atoms with Crippen LogP contribution in [-0.2, 0) is 21.0 Å². The van der Waals surface area contributed by atoms with E-state index in [1.165, 1.54) is 7.11 Å². The molecule has 1 atom stereocenters. The third kappa shape index (κ3) is 5.55. The fourth-order valence-electron chi connectivity index (χ4n) is 5.44. The Morgan fingerprint density at radius 2 is 1.88 bits per heavy atom. The minimum atomic E-state index is -4.72. The summed E-state index contributed by atoms with van der Waals surface area (Å²) >= 11 is 0. The Hall–Kier alpha value is -3.84. The maximum absolute atomic E-state index is 14.0. The Bertz CT molecular complexity index is 1580. The monoisotopic (exact) mass is 590 g/mol. The van der Waals surface area contributed by atoms with Gasteiger partial charge in [0.2, 0.25) is 0 Å². The number of aryl methyl sites for hydroxylation is 1. The van der Waals surface area contributed by atoms with Gasteiger partial charge in [0, 0.05) is 43.5 Å². The van der Waals surface area contributed by atoms with Crippen LogP contribution >= 0.6 is 0 Å². The van der Waals surface area contributed by atoms with E-state index in [1.807, 2.05) is 34.9 Å². The highest BCUT2D eigenvalue weighted by Gasteiger charge is 2.42. The van der Waals surface area contributed by atoms with Crippen LogP contribution in [0.5, 0.6) is 5.75 Å². The van der Waals surface area contributed by atoms with Crippen LogP contribution in [0, 0.1) is 6.92 Å². The predicted molar refractivity (Wildman–Crippen MR) is 147 cm³/mol. The average molecular weight is 591 g/mol. The number of aliphatic carboxylic acids is 1. The Morgan fingerprint density at radius 3 is 2.59 bits per heavy atom. The zero-order valence-corrected chi connectivity index (χ0v) is 23.2. The van der Waals surface area contributed by atoms with Gasteiger partial charge in [-0.15, -0.1) is 0 Å². The van der Waals surface area contributed by atoms with E-state index >= 15 is 0 Å². The fourth-order valence-corrected chi connectivity index (χ4v) is 6.98. The second kappa shape index (κ2) is 10.9. The lowest BCUT2D eigenvalue weighted by Crippen LogP contribution is -2.61. The average Bonchev–Trinajstić information content (AvgIpc) is 2.94. The quantitative estimate of drug-likeness (QED) is 0.436. The number of pyridine rings is 1. The van der Waals surface area contributed by atoms with Crippen LogP contribution in [0.4, 0.5) is 24.7 Å². The Kier molecular flexibility index (Phi) is 7.60. The number of hydrogen-bond acceptors (Lipinski definition) is 7. The number of aromatic nitrogens is 1. The topological polar surface area (TPSA) is 103 Å². The standard InChI is InChI=1S/C28H29F3N4O5S/c1-18-5-3-8-23(26(18)40-2)19-13-24-27(32-15-19)34-12-11-33(10-9-25(36)37)16-21(34)17-35(24)41(38,39)22-7-4-6-20(14-22)28(29,30)31/h3-8,13-15,21H,9-12,16-17H2,1-2H3,(H,36,37)/t21-/m0/s1. The van der Waals surface area contributed by atoms with Crippen LogP contribution in [0.25, 0.3) is 11.1 Å². The fraction of sp³-hybridized carbons (Fsp3) is 0.357. The molecular formula is C28H29F3N4O5S. The number of benzene rings is 2. The molecule has 9 nitrogen and oxygen atoms in total. The number of carbonyl (C=O) groups is 1. The van der Waals surface area contributed by atoms with Crippen LogP contribution < -0.4 is 13.9 Å². The van der Waals surface area contributed by atoms with Gasteiger partial charge in [-0.2, -0.15) is 13.2 Å². The third-order valence-corrected chi connectivity index (χ3v) is 9.23. The third-order valence-electron chi connectivity index (χ3n) is 7.45. The Labute approximate surface area is 235 Å². The number of rotatable bonds is 7. The van der Waals surface area contributed by atoms with Gasteiger partial charge in [0.05, 0.1) is 42.3 Å². The molecular weight excluding hydrogens is 561 g/mol. The van der Waals surface area contributed by atoms with Crippen molar-refractivity contribution in [2.24, 2.45) is 0 Å². The number of carboxylic acids is 1. The molecule has 0 saturated carbocycles. The van der Waals surface area contributed by atoms with Gasteiger partial charge in [-0.3, -0.25) is 14.0 Å². The molecule has 0 amide bonds. The van der Waals surface area contributed by atoms with Crippen molar-refractivity contribution in [1.82, 2.24) is 9.88 Å². The van der Waals surface area contributed by atoms with E-state index in [0.717, 1.165) is 28.1 Å². The van der Waals surface area contributed by atoms with Crippen molar-refractivity contribution in [3.8, 4) is 16.9 Å². The van der Waals surface area contributed by atoms with Crippen molar-refractivity contribution in [3.05, 3.63) is 65.9 Å². The highest BCUT2D eigenvalue weighted by Crippen LogP contribution is 2.43. The highest BCUT2D eigenvalue weighted by atomic mass is 32.2. The molecule has 3 heterocycles. The Morgan fingerprint density at radius 1 is 1.12 bits per heavy atom. The summed E-state index contributed by atoms with van der Waals surface area (Å²) < 4.78 is 75.2. The minimum Gasteiger partial charge on any atom is -0.496 e. The molecule has 2 aliphatic rings. The number of ether oxygens (including phenoxy) is 1. The van der Waals surface area contributed by atoms with E-state index in [-0.39, 0.29) is 18.7 Å². The summed E-state index contributed by atoms with van der Waals surface area (Å²) in [6.07, 6.45) is -3.15. The zero-order chi connectivity index (χ0) is 29.5. The number of anilines is 2. The molecule has 3 aromatic rings. The van der Waals surface area contributed by atoms with Crippen LogP contribution in [0.2, 0.25) is 0 Å². The van der Waals surface area contributed by atoms with Crippen molar-refractivity contribution in [2.75, 3.05) is 49.0 Å². The van der Waals surface area contributed by atoms with E-state index in [4.69, 9.17) is 9.84 Å². The van der Waals surface area contributed by atoms with E-state index in [2.05, 4.69) is 4.98 Å². The lowest BCUT2D eigenvalue weighted by atomic mass is 10.0. The molecule has 5 rings (SSSR count). The molecule has 0 bridgehead atoms. The number of alkyl halides is 3. The van der Waals surface area contributed by atoms with Gasteiger partial charge in [0.15, 0.2) is 5.82 Å². The van der Waals surface area contributed by atoms with Crippen molar-refractivity contribution < 1.29 is 36.2 Å². The zero-order valence-electron chi connectivity index (χ0n) is 22.4. The number of fused-ring (bicyclic) bond motifs is 3. The second-order valence-corrected chi connectivity index (χ2v) is 11.9. The van der Waals surface area contributed by atoms with Gasteiger partial charge < -0.3 is 14.7 Å². The number of piperazine rings is 1. The molecule has 1 N–H and O–H groups in total. The number of carboxylic acid groups (broad SMARTS) is 1. The number of halogens is 3. The maximum atomic E-state index is 14.0. The van der Waals surface area contributed by atoms with Crippen molar-refractivity contribution in [2.45, 2.75) is 30.5 Å². The van der Waals surface area contributed by atoms with E-state index in [9.17, 15) is 26.4 Å². The molecule has 0 spiro atoms. The molecule has 41 heavy (non-hydrogen) atoms. The lowest BCUT2D eigenvalue weighted by Gasteiger charge is -2.48. The minimum absolute atomic E-state index is 0.0504. The van der Waals surface area contributed by atoms with Crippen molar-refractivity contribution in [1.29, 1.82) is 0 Å². The summed E-state index contributed by atoms with van der Waals surface area (Å²) in [6, 6.07) is 10.5. The molecule has 1 aromatic heterocycles. The summed E-state index contributed by atoms with van der Waals surface area (Å²) in [5.41, 5.74) is 1.34. The summed E-state index contributed by atoms with van der Waals surface area (Å²) in [7, 11) is -2.91. The van der Waals surface area contributed by atoms with Gasteiger partial charge in [0.25, 0.3) is 10.0 Å². The van der Waals surface area contributed by atoms with E-state index in [0.29, 0.717) is 54.9 Å². The second-order valence-electron chi connectivity index (χ2n) is 10.1. The molecule has 2 aromatic carbocycles. The molecule has 0 unspecified atom stereocenters. The van der Waals surface area contributed by atoms with Crippen LogP contribution in [-0.4, -0.2) is 75.3 Å². The molecule has 0 aliphatic carbocycles. The summed E-state index contributed by atoms with van der Waals surface area (Å²) in [5, 5.41) is 9.11. The first-order valence-corrected chi connectivity index (χ1v) is 14.4. The van der Waals surface area contributed by atoms with Gasteiger partial charge in [-0.05, 0) is 36.8 Å². The molecule has 1 saturated heterocycles. The van der Waals surface area contributed by atoms with Crippen LogP contribution in [0.1, 0.15) is 17.5 Å². The summed E-state index contributed by atoms with van der Waals surface area (Å²) in [5.74, 6) is 0.0586. The molecule has 2 aliphatic heterocycles. The summed E-state index contributed by atoms with van der Waals surface area (Å²) in [6.45, 7) is 3.54. The number of hydrogen-bond donors (Lipinski definition) is 1. The number of methoxy groups -OCH3 is 1. The Balaban J connectivity index is 1.62. The van der Waals surface area contributed by atoms with Gasteiger partial charge in [0.1, 0.15) is 5.75 Å². The van der Waals surface area contributed by atoms with E-state index < -0.39 is 38.7 Å². The first-order chi connectivity index (χ1) is 19.4. The van der Waals surface area contributed by atoms with Gasteiger partial charge >= 0.3 is 12.1 Å². The molecule has 0 radical (unpaired) electrons. The maximum Gasteiger partial charge on any atom is 0.416 e. The number of sulfonamides is 1. The van der Waals surface area contributed by atoms with Crippen molar-refractivity contribution >= 4 is 27.5 Å². The predicted octanol–water partition coefficient (Wildman–Crippen LogP) is 4.26. The van der Waals surface area contributed by atoms with E-state index in [1.54, 1.807) is 12.3 Å². The summed E-state index contributed by atoms with van der Waals surface area (Å²) in [4.78, 5) is 19.2. The SMILES string of the molecule is COc1c(C)cccc1-c1cnc2c(c1)N(S(=O)(=O)c1cccc(C(F)(F)F)c1)C[C@@H]1CN(CCC(=O)O)CCN21. The molecule has 1 fully saturated rings. The number of nitrogens with zero attached hydrogens (tertiary/aromatic N) is 4. The first kappa shape index (κ1) is 28.7. The highest BCUT2D eigenvalue weighted by molar-refractivity contribution is 7.92. The molecule has 13 heteroatoms. The first-order valence-electron chi connectivity index (χ1n) is 12.9. The molecule has 218 valence electrons. The van der Waals surface area contributed by atoms with Gasteiger partial charge in [-0.1, -0.05) is 24.3 Å². The normalized spacial score (nSPS) is 17.6. The largest absolute Gasteiger partial charge is 0.496 e. The van der Waals surface area contributed by atoms with Crippen LogP contribution in [0.15, 0.2) is 59.6 Å². The smallest absolute Gasteiger partial charge is 0.416 e. The lowest BCUT2D eigenvalue weighted by molar-refractivity contribution is -0.138. The van der Waals surface area contributed by atoms with Crippen molar-refractivity contribution in [3.63, 3.8) is 0 Å². The van der Waals surface area contributed by atoms with Gasteiger partial charge in [-0.25, -0.2) is 13.4 Å².